The summed E-state index contributed by atoms with van der Waals surface area (Å²) < 4.78 is 8.52. The minimum absolute atomic E-state index is 0. The fraction of sp³-hybridized carbons (Fsp3) is 0. The Morgan fingerprint density at radius 2 is 1.33 bits per heavy atom. The topological polar surface area (TPSA) is 91.7 Å². The third-order valence-corrected chi connectivity index (χ3v) is 0. The predicted molar refractivity (Wildman–Crippen MR) is 7.13 cm³/mol. The molecular weight excluding hydrogens is 232 g/mol. The quantitative estimate of drug-likeness (QED) is 0.417. The van der Waals surface area contributed by atoms with Gasteiger partial charge in [-0.2, -0.15) is 0 Å². The largest absolute Gasteiger partial charge is 3.00 e. The Bertz CT molecular complexity index is 30.5. The molecule has 0 fully saturated rings. The predicted octanol–water partition coefficient (Wildman–Crippen LogP) is -3.00. The summed E-state index contributed by atoms with van der Waals surface area (Å²) >= 11 is 0. The average molecular weight is 232 g/mol. The fourth-order valence-corrected chi connectivity index (χ4v) is 0. The van der Waals surface area contributed by atoms with Crippen molar-refractivity contribution in [3.63, 3.8) is 0 Å². The zero-order valence-corrected chi connectivity index (χ0v) is 6.77. The van der Waals surface area contributed by atoms with Gasteiger partial charge in [0, 0.05) is 9.17 Å². The third kappa shape index (κ3) is 85.2. The van der Waals surface area contributed by atoms with Gasteiger partial charge in [-0.15, -0.1) is 0 Å². The second-order valence-corrected chi connectivity index (χ2v) is 0.750. The summed E-state index contributed by atoms with van der Waals surface area (Å²) in [5, 5.41) is 0. The van der Waals surface area contributed by atoms with Crippen molar-refractivity contribution in [3.8, 4) is 0 Å². The van der Waals surface area contributed by atoms with Crippen molar-refractivity contribution >= 4 is 9.17 Å². The molecule has 6 heteroatoms. The molecule has 0 unspecified atom stereocenters. The first kappa shape index (κ1) is 15.8. The van der Waals surface area contributed by atoms with Crippen LogP contribution >= 0.6 is 0 Å². The molecule has 1 radical (unpaired) electrons. The molecule has 0 bridgehead atoms. The molecule has 0 saturated carbocycles. The van der Waals surface area contributed by atoms with Crippen LogP contribution in [-0.2, 0) is 9.94 Å². The van der Waals surface area contributed by atoms with Gasteiger partial charge in [-0.05, 0) is 0 Å². The molecule has 0 saturated heterocycles. The van der Waals surface area contributed by atoms with Crippen LogP contribution in [0.3, 0.4) is 0 Å². The van der Waals surface area contributed by atoms with Crippen LogP contribution in [0.5, 0.6) is 0 Å². The molecule has 0 aromatic carbocycles. The summed E-state index contributed by atoms with van der Waals surface area (Å²) in [5.74, 6) is 0. The Balaban J connectivity index is -0.0000000450. The van der Waals surface area contributed by atoms with E-state index in [0.29, 0.717) is 0 Å². The summed E-state index contributed by atoms with van der Waals surface area (Å²) in [6, 6.07) is 0. The van der Waals surface area contributed by atoms with Gasteiger partial charge in [0.25, 0.3) is 0 Å². The molecule has 0 atom stereocenters. The van der Waals surface area contributed by atoms with Gasteiger partial charge < -0.3 is 19.5 Å². The summed E-state index contributed by atoms with van der Waals surface area (Å²) in [7, 11) is -3.63. The van der Waals surface area contributed by atoms with Crippen molar-refractivity contribution < 1.29 is 61.3 Å². The molecule has 0 spiro atoms. The number of rotatable bonds is 0. The van der Waals surface area contributed by atoms with E-state index < -0.39 is 9.17 Å². The monoisotopic (exact) mass is 232 g/mol. The Morgan fingerprint density at radius 3 is 1.33 bits per heavy atom. The van der Waals surface area contributed by atoms with Crippen molar-refractivity contribution in [3.05, 3.63) is 0 Å². The maximum atomic E-state index is 8.52. The second kappa shape index (κ2) is 9.35. The Morgan fingerprint density at radius 1 is 1.33 bits per heavy atom. The van der Waals surface area contributed by atoms with Crippen LogP contribution in [0.15, 0.2) is 0 Å². The van der Waals surface area contributed by atoms with E-state index in [1.54, 1.807) is 0 Å². The van der Waals surface area contributed by atoms with E-state index in [-0.39, 0.29) is 47.2 Å². The molecule has 0 rings (SSSR count). The van der Waals surface area contributed by atoms with Gasteiger partial charge in [0.1, 0.15) is 0 Å². The van der Waals surface area contributed by atoms with E-state index in [2.05, 4.69) is 0 Å². The zero-order valence-electron chi connectivity index (χ0n) is 2.63. The fourth-order valence-electron chi connectivity index (χ4n) is 0. The second-order valence-electron chi connectivity index (χ2n) is 0.250. The maximum absolute atomic E-state index is 8.52. The van der Waals surface area contributed by atoms with E-state index in [1.807, 2.05) is 0 Å². The van der Waals surface area contributed by atoms with Crippen LogP contribution in [0.2, 0.25) is 0 Å². The number of hydrogen-bond acceptors (Lipinski definition) is 3. The van der Waals surface area contributed by atoms with Gasteiger partial charge in [0.05, 0.1) is 0 Å². The average Bonchev–Trinajstić information content (AvgIpc) is 0.811. The van der Waals surface area contributed by atoms with Crippen molar-refractivity contribution in [2.45, 2.75) is 0 Å². The third-order valence-electron chi connectivity index (χ3n) is 0. The first-order valence-corrected chi connectivity index (χ1v) is 1.84. The van der Waals surface area contributed by atoms with Crippen LogP contribution < -0.4 is 9.59 Å². The van der Waals surface area contributed by atoms with Gasteiger partial charge in [-0.1, -0.05) is 0 Å². The first-order valence-electron chi connectivity index (χ1n) is 0.612. The Kier molecular flexibility index (Phi) is 24.6. The maximum Gasteiger partial charge on any atom is 3.00 e. The van der Waals surface area contributed by atoms with E-state index >= 15 is 0 Å². The van der Waals surface area contributed by atoms with Crippen LogP contribution in [-0.4, -0.2) is 9.17 Å². The minimum atomic E-state index is -3.63. The molecule has 0 aliphatic rings. The van der Waals surface area contributed by atoms with Gasteiger partial charge in [-0.25, -0.2) is 0 Å². The van der Waals surface area contributed by atoms with Crippen molar-refractivity contribution in [1.82, 2.24) is 0 Å². The first-order chi connectivity index (χ1) is 1.73. The molecule has 0 aliphatic heterocycles. The molecule has 4 nitrogen and oxygen atoms in total. The van der Waals surface area contributed by atoms with Crippen LogP contribution in [0.4, 0.5) is 0 Å². The number of hydrogen-bond donors (Lipinski definition) is 0. The Labute approximate surface area is 69.8 Å². The molecule has 6 heavy (non-hydrogen) atoms. The zero-order chi connectivity index (χ0) is 3.58. The summed E-state index contributed by atoms with van der Waals surface area (Å²) in [5.41, 5.74) is 0. The smallest absolute Gasteiger partial charge is 2.00 e. The normalized spacial score (nSPS) is 4.00. The van der Waals surface area contributed by atoms with E-state index in [4.69, 9.17) is 14.1 Å². The van der Waals surface area contributed by atoms with E-state index in [0.717, 1.165) is 0 Å². The summed E-state index contributed by atoms with van der Waals surface area (Å²) in [6.07, 6.45) is 0. The van der Waals surface area contributed by atoms with Crippen molar-refractivity contribution in [1.29, 1.82) is 0 Å². The van der Waals surface area contributed by atoms with Crippen molar-refractivity contribution in [2.24, 2.45) is 0 Å². The summed E-state index contributed by atoms with van der Waals surface area (Å²) in [6.45, 7) is 0. The van der Waals surface area contributed by atoms with Gasteiger partial charge in [0.2, 0.25) is 0 Å². The SMILES string of the molecule is O=[Si]([O-])[O-].[Ce+3].[O-2]. The van der Waals surface area contributed by atoms with Crippen LogP contribution in [0, 0.1) is 41.7 Å². The molecule has 0 heterocycles. The van der Waals surface area contributed by atoms with Gasteiger partial charge >= 0.3 is 41.7 Å². The van der Waals surface area contributed by atoms with Gasteiger partial charge in [0.15, 0.2) is 0 Å². The molecule has 0 aliphatic carbocycles. The molecule has 0 aromatic heterocycles. The molecule has 0 aromatic rings. The molecule has 33 valence electrons. The molecule has 0 amide bonds. The van der Waals surface area contributed by atoms with E-state index in [1.165, 1.54) is 0 Å². The molecular formula is CeO4Si-. The van der Waals surface area contributed by atoms with Crippen LogP contribution in [0.1, 0.15) is 0 Å². The van der Waals surface area contributed by atoms with Gasteiger partial charge in [-0.3, -0.25) is 0 Å². The van der Waals surface area contributed by atoms with Crippen LogP contribution in [0.25, 0.3) is 0 Å². The Hall–Kier alpha value is 0.954. The summed E-state index contributed by atoms with van der Waals surface area (Å²) in [4.78, 5) is 17.0. The molecule has 0 N–H and O–H groups in total. The minimum Gasteiger partial charge on any atom is -2.00 e. The standard InChI is InChI=1S/Ce.O3Si.O/c;1-4(2)3;/q+3;2*-2. The van der Waals surface area contributed by atoms with Crippen molar-refractivity contribution in [2.75, 3.05) is 0 Å². The van der Waals surface area contributed by atoms with E-state index in [9.17, 15) is 0 Å².